The molecule has 0 bridgehead atoms. The minimum Gasteiger partial charge on any atom is -0.493 e. The molecule has 0 aromatic heterocycles. The Morgan fingerprint density at radius 2 is 2.31 bits per heavy atom. The van der Waals surface area contributed by atoms with Gasteiger partial charge in [-0.15, -0.1) is 0 Å². The van der Waals surface area contributed by atoms with Gasteiger partial charge in [-0.1, -0.05) is 25.1 Å². The summed E-state index contributed by atoms with van der Waals surface area (Å²) in [6, 6.07) is 8.09. The van der Waals surface area contributed by atoms with Crippen molar-refractivity contribution in [2.75, 3.05) is 13.2 Å². The highest BCUT2D eigenvalue weighted by atomic mass is 16.5. The molecule has 1 N–H and O–H groups in total. The van der Waals surface area contributed by atoms with Crippen molar-refractivity contribution in [3.8, 4) is 5.75 Å². The molecule has 86 valence electrons. The van der Waals surface area contributed by atoms with Crippen LogP contribution < -0.4 is 10.1 Å². The highest BCUT2D eigenvalue weighted by Crippen LogP contribution is 2.26. The van der Waals surface area contributed by atoms with Gasteiger partial charge in [-0.3, -0.25) is 4.79 Å². The van der Waals surface area contributed by atoms with Crippen LogP contribution in [0.1, 0.15) is 18.9 Å². The smallest absolute Gasteiger partial charge is 0.219 e. The number of amides is 1. The van der Waals surface area contributed by atoms with Gasteiger partial charge < -0.3 is 10.1 Å². The van der Waals surface area contributed by atoms with Crippen LogP contribution in [0.25, 0.3) is 0 Å². The molecule has 0 saturated carbocycles. The summed E-state index contributed by atoms with van der Waals surface area (Å²) in [4.78, 5) is 11.1. The van der Waals surface area contributed by atoms with Gasteiger partial charge in [-0.05, 0) is 18.1 Å². The van der Waals surface area contributed by atoms with Crippen LogP contribution in [0, 0.1) is 5.92 Å². The molecule has 3 nitrogen and oxygen atoms in total. The molecule has 2 rings (SSSR count). The Labute approximate surface area is 95.8 Å². The number of hydrogen-bond acceptors (Lipinski definition) is 2. The predicted molar refractivity (Wildman–Crippen MR) is 62.4 cm³/mol. The normalized spacial score (nSPS) is 18.4. The summed E-state index contributed by atoms with van der Waals surface area (Å²) in [7, 11) is 0. The second-order valence-corrected chi connectivity index (χ2v) is 4.15. The third-order valence-electron chi connectivity index (χ3n) is 2.86. The molecule has 1 aliphatic heterocycles. The molecule has 1 aromatic carbocycles. The Kier molecular flexibility index (Phi) is 3.44. The summed E-state index contributed by atoms with van der Waals surface area (Å²) in [5.74, 6) is 1.49. The third-order valence-corrected chi connectivity index (χ3v) is 2.86. The number of hydrogen-bond donors (Lipinski definition) is 1. The van der Waals surface area contributed by atoms with Crippen LogP contribution in [-0.2, 0) is 11.2 Å². The number of para-hydroxylation sites is 1. The average Bonchev–Trinajstić information content (AvgIpc) is 2.35. The van der Waals surface area contributed by atoms with E-state index in [0.717, 1.165) is 12.2 Å². The Morgan fingerprint density at radius 3 is 3.12 bits per heavy atom. The molecule has 1 amide bonds. The van der Waals surface area contributed by atoms with Gasteiger partial charge in [0.2, 0.25) is 5.91 Å². The number of benzene rings is 1. The fourth-order valence-electron chi connectivity index (χ4n) is 1.91. The third kappa shape index (κ3) is 2.54. The van der Waals surface area contributed by atoms with Gasteiger partial charge in [0.25, 0.3) is 0 Å². The summed E-state index contributed by atoms with van der Waals surface area (Å²) in [6.07, 6.45) is 1.53. The SMILES string of the molecule is CCC(=O)NC[C@H]1COc2ccccc2C1. The number of carbonyl (C=O) groups excluding carboxylic acids is 1. The van der Waals surface area contributed by atoms with Crippen LogP contribution in [0.15, 0.2) is 24.3 Å². The lowest BCUT2D eigenvalue weighted by atomic mass is 9.97. The quantitative estimate of drug-likeness (QED) is 0.841. The number of nitrogens with one attached hydrogen (secondary N) is 1. The molecule has 0 aliphatic carbocycles. The lowest BCUT2D eigenvalue weighted by Gasteiger charge is -2.25. The molecule has 0 spiro atoms. The van der Waals surface area contributed by atoms with Gasteiger partial charge in [-0.2, -0.15) is 0 Å². The zero-order valence-corrected chi connectivity index (χ0v) is 9.53. The number of carbonyl (C=O) groups is 1. The molecule has 1 aromatic rings. The van der Waals surface area contributed by atoms with Gasteiger partial charge in [0.05, 0.1) is 6.61 Å². The molecule has 0 unspecified atom stereocenters. The van der Waals surface area contributed by atoms with Crippen LogP contribution >= 0.6 is 0 Å². The van der Waals surface area contributed by atoms with Crippen LogP contribution in [0.2, 0.25) is 0 Å². The summed E-state index contributed by atoms with van der Waals surface area (Å²) < 4.78 is 5.65. The minimum absolute atomic E-state index is 0.110. The van der Waals surface area contributed by atoms with E-state index in [2.05, 4.69) is 11.4 Å². The monoisotopic (exact) mass is 219 g/mol. The van der Waals surface area contributed by atoms with E-state index in [-0.39, 0.29) is 5.91 Å². The predicted octanol–water partition coefficient (Wildman–Crippen LogP) is 1.76. The molecule has 1 atom stereocenters. The van der Waals surface area contributed by atoms with Crippen LogP contribution in [0.4, 0.5) is 0 Å². The molecule has 0 radical (unpaired) electrons. The van der Waals surface area contributed by atoms with E-state index in [1.165, 1.54) is 5.56 Å². The Balaban J connectivity index is 1.90. The molecule has 3 heteroatoms. The Morgan fingerprint density at radius 1 is 1.50 bits per heavy atom. The van der Waals surface area contributed by atoms with Crippen molar-refractivity contribution in [1.82, 2.24) is 5.32 Å². The fourth-order valence-corrected chi connectivity index (χ4v) is 1.91. The first-order valence-electron chi connectivity index (χ1n) is 5.77. The van der Waals surface area contributed by atoms with Gasteiger partial charge in [0.15, 0.2) is 0 Å². The Hall–Kier alpha value is -1.51. The molecule has 16 heavy (non-hydrogen) atoms. The van der Waals surface area contributed by atoms with E-state index in [9.17, 15) is 4.79 Å². The van der Waals surface area contributed by atoms with Crippen LogP contribution in [0.5, 0.6) is 5.75 Å². The van der Waals surface area contributed by atoms with E-state index in [4.69, 9.17) is 4.74 Å². The van der Waals surface area contributed by atoms with Crippen molar-refractivity contribution in [3.63, 3.8) is 0 Å². The summed E-state index contributed by atoms with van der Waals surface area (Å²) in [5.41, 5.74) is 1.24. The number of rotatable bonds is 3. The molecular formula is C13H17NO2. The second kappa shape index (κ2) is 5.01. The molecular weight excluding hydrogens is 202 g/mol. The number of fused-ring (bicyclic) bond motifs is 1. The van der Waals surface area contributed by atoms with Crippen molar-refractivity contribution < 1.29 is 9.53 Å². The lowest BCUT2D eigenvalue weighted by Crippen LogP contribution is -2.34. The van der Waals surface area contributed by atoms with Crippen molar-refractivity contribution >= 4 is 5.91 Å². The van der Waals surface area contributed by atoms with E-state index in [1.807, 2.05) is 25.1 Å². The second-order valence-electron chi connectivity index (χ2n) is 4.15. The first-order chi connectivity index (χ1) is 7.79. The summed E-state index contributed by atoms with van der Waals surface area (Å²) in [5, 5.41) is 2.91. The van der Waals surface area contributed by atoms with E-state index in [1.54, 1.807) is 0 Å². The summed E-state index contributed by atoms with van der Waals surface area (Å²) in [6.45, 7) is 3.27. The molecule has 0 saturated heterocycles. The molecule has 1 aliphatic rings. The summed E-state index contributed by atoms with van der Waals surface area (Å²) >= 11 is 0. The highest BCUT2D eigenvalue weighted by Gasteiger charge is 2.19. The maximum atomic E-state index is 11.1. The first-order valence-corrected chi connectivity index (χ1v) is 5.77. The van der Waals surface area contributed by atoms with Gasteiger partial charge >= 0.3 is 0 Å². The van der Waals surface area contributed by atoms with Crippen molar-refractivity contribution in [2.24, 2.45) is 5.92 Å². The zero-order valence-electron chi connectivity index (χ0n) is 9.53. The van der Waals surface area contributed by atoms with E-state index >= 15 is 0 Å². The molecule has 1 heterocycles. The zero-order chi connectivity index (χ0) is 11.4. The van der Waals surface area contributed by atoms with Gasteiger partial charge in [-0.25, -0.2) is 0 Å². The average molecular weight is 219 g/mol. The van der Waals surface area contributed by atoms with Crippen molar-refractivity contribution in [3.05, 3.63) is 29.8 Å². The topological polar surface area (TPSA) is 38.3 Å². The number of ether oxygens (including phenoxy) is 1. The first kappa shape index (κ1) is 11.0. The van der Waals surface area contributed by atoms with Crippen molar-refractivity contribution in [1.29, 1.82) is 0 Å². The van der Waals surface area contributed by atoms with Crippen LogP contribution in [-0.4, -0.2) is 19.1 Å². The van der Waals surface area contributed by atoms with E-state index < -0.39 is 0 Å². The van der Waals surface area contributed by atoms with Crippen LogP contribution in [0.3, 0.4) is 0 Å². The maximum absolute atomic E-state index is 11.1. The largest absolute Gasteiger partial charge is 0.493 e. The van der Waals surface area contributed by atoms with Gasteiger partial charge in [0, 0.05) is 18.9 Å². The van der Waals surface area contributed by atoms with Gasteiger partial charge in [0.1, 0.15) is 5.75 Å². The minimum atomic E-state index is 0.110. The fraction of sp³-hybridized carbons (Fsp3) is 0.462. The highest BCUT2D eigenvalue weighted by molar-refractivity contribution is 5.75. The molecule has 0 fully saturated rings. The lowest BCUT2D eigenvalue weighted by molar-refractivity contribution is -0.121. The van der Waals surface area contributed by atoms with Crippen molar-refractivity contribution in [2.45, 2.75) is 19.8 Å². The van der Waals surface area contributed by atoms with E-state index in [0.29, 0.717) is 25.5 Å². The standard InChI is InChI=1S/C13H17NO2/c1-2-13(15)14-8-10-7-11-5-3-4-6-12(11)16-9-10/h3-6,10H,2,7-9H2,1H3,(H,14,15)/t10-/m0/s1. The maximum Gasteiger partial charge on any atom is 0.219 e. The Bertz CT molecular complexity index is 376.